The zero-order chi connectivity index (χ0) is 19.8. The Morgan fingerprint density at radius 1 is 1.18 bits per heavy atom. The van der Waals surface area contributed by atoms with E-state index in [1.165, 1.54) is 0 Å². The minimum absolute atomic E-state index is 0.0900. The number of hydrogen-bond acceptors (Lipinski definition) is 4. The predicted octanol–water partition coefficient (Wildman–Crippen LogP) is 3.47. The number of nitrogens with one attached hydrogen (secondary N) is 3. The fraction of sp³-hybridized carbons (Fsp3) is 0.273. The van der Waals surface area contributed by atoms with Crippen molar-refractivity contribution in [3.05, 3.63) is 70.3 Å². The topological polar surface area (TPSA) is 88.4 Å². The van der Waals surface area contributed by atoms with Crippen molar-refractivity contribution < 1.29 is 9.90 Å². The number of aryl methyl sites for hydroxylation is 2. The number of amides is 1. The minimum atomic E-state index is -0.0900. The monoisotopic (exact) mass is 376 g/mol. The lowest BCUT2D eigenvalue weighted by Gasteiger charge is -2.21. The van der Waals surface area contributed by atoms with E-state index >= 15 is 0 Å². The molecule has 4 rings (SSSR count). The van der Waals surface area contributed by atoms with Crippen LogP contribution in [0.5, 0.6) is 0 Å². The molecular weight excluding hydrogens is 352 g/mol. The van der Waals surface area contributed by atoms with Crippen LogP contribution >= 0.6 is 0 Å². The van der Waals surface area contributed by atoms with Gasteiger partial charge in [0.1, 0.15) is 11.6 Å². The van der Waals surface area contributed by atoms with Crippen LogP contribution < -0.4 is 15.8 Å². The summed E-state index contributed by atoms with van der Waals surface area (Å²) in [4.78, 5) is 12.4. The van der Waals surface area contributed by atoms with Crippen LogP contribution in [0.4, 0.5) is 5.69 Å². The fourth-order valence-corrected chi connectivity index (χ4v) is 3.31. The summed E-state index contributed by atoms with van der Waals surface area (Å²) < 4.78 is 0. The smallest absolute Gasteiger partial charge is 0.251 e. The molecule has 0 radical (unpaired) electrons. The molecule has 2 aromatic rings. The number of amidine groups is 1. The number of carbonyl (C=O) groups excluding carboxylic acids is 1. The Kier molecular flexibility index (Phi) is 4.65. The molecule has 2 aliphatic rings. The van der Waals surface area contributed by atoms with E-state index in [9.17, 15) is 9.90 Å². The summed E-state index contributed by atoms with van der Waals surface area (Å²) in [6.45, 7) is 4.25. The number of benzene rings is 2. The first-order valence-electron chi connectivity index (χ1n) is 9.47. The molecule has 1 saturated carbocycles. The van der Waals surface area contributed by atoms with Crippen molar-refractivity contribution in [1.29, 1.82) is 5.41 Å². The molecule has 0 bridgehead atoms. The van der Waals surface area contributed by atoms with E-state index in [0.717, 1.165) is 29.7 Å². The normalized spacial score (nSPS) is 18.4. The SMILES string of the molecule is Cc1cccc(C(O)=C2CNN(c3cc(C(=O)NC4CC4)ccc3C)C2=N)c1. The summed E-state index contributed by atoms with van der Waals surface area (Å²) in [5.74, 6) is 0.193. The summed E-state index contributed by atoms with van der Waals surface area (Å²) in [6.07, 6.45) is 2.07. The van der Waals surface area contributed by atoms with Crippen LogP contribution in [-0.4, -0.2) is 29.4 Å². The third-order valence-electron chi connectivity index (χ3n) is 5.13. The van der Waals surface area contributed by atoms with E-state index in [1.54, 1.807) is 17.1 Å². The van der Waals surface area contributed by atoms with E-state index < -0.39 is 0 Å². The van der Waals surface area contributed by atoms with Gasteiger partial charge in [0, 0.05) is 23.7 Å². The van der Waals surface area contributed by atoms with Crippen LogP contribution in [0.1, 0.15) is 39.9 Å². The Balaban J connectivity index is 1.63. The summed E-state index contributed by atoms with van der Waals surface area (Å²) in [5.41, 5.74) is 7.67. The Morgan fingerprint density at radius 3 is 2.68 bits per heavy atom. The summed E-state index contributed by atoms with van der Waals surface area (Å²) in [6, 6.07) is 13.4. The predicted molar refractivity (Wildman–Crippen MR) is 111 cm³/mol. The highest BCUT2D eigenvalue weighted by Crippen LogP contribution is 2.28. The number of aliphatic hydroxyl groups excluding tert-OH is 1. The third-order valence-corrected chi connectivity index (χ3v) is 5.13. The van der Waals surface area contributed by atoms with Gasteiger partial charge >= 0.3 is 0 Å². The minimum Gasteiger partial charge on any atom is -0.507 e. The first-order chi connectivity index (χ1) is 13.4. The second-order valence-corrected chi connectivity index (χ2v) is 7.46. The van der Waals surface area contributed by atoms with E-state index in [-0.39, 0.29) is 17.5 Å². The fourth-order valence-electron chi connectivity index (χ4n) is 3.31. The van der Waals surface area contributed by atoms with Gasteiger partial charge in [-0.2, -0.15) is 0 Å². The molecule has 6 nitrogen and oxygen atoms in total. The van der Waals surface area contributed by atoms with Gasteiger partial charge in [-0.25, -0.2) is 5.43 Å². The average molecular weight is 376 g/mol. The highest BCUT2D eigenvalue weighted by atomic mass is 16.3. The molecule has 0 atom stereocenters. The maximum Gasteiger partial charge on any atom is 0.251 e. The molecule has 1 aliphatic heterocycles. The molecule has 0 aromatic heterocycles. The van der Waals surface area contributed by atoms with Crippen molar-refractivity contribution in [2.24, 2.45) is 0 Å². The molecule has 2 aromatic carbocycles. The number of hydrazine groups is 1. The van der Waals surface area contributed by atoms with E-state index in [1.807, 2.05) is 44.2 Å². The molecule has 4 N–H and O–H groups in total. The van der Waals surface area contributed by atoms with Crippen molar-refractivity contribution >= 4 is 23.2 Å². The second-order valence-electron chi connectivity index (χ2n) is 7.46. The van der Waals surface area contributed by atoms with Crippen LogP contribution in [-0.2, 0) is 0 Å². The van der Waals surface area contributed by atoms with Gasteiger partial charge in [0.25, 0.3) is 5.91 Å². The zero-order valence-corrected chi connectivity index (χ0v) is 16.0. The van der Waals surface area contributed by atoms with E-state index in [4.69, 9.17) is 5.41 Å². The summed E-state index contributed by atoms with van der Waals surface area (Å²) >= 11 is 0. The molecule has 6 heteroatoms. The van der Waals surface area contributed by atoms with Gasteiger partial charge in [-0.15, -0.1) is 0 Å². The van der Waals surface area contributed by atoms with Gasteiger partial charge in [-0.3, -0.25) is 15.2 Å². The molecule has 1 heterocycles. The van der Waals surface area contributed by atoms with Gasteiger partial charge < -0.3 is 10.4 Å². The lowest BCUT2D eigenvalue weighted by molar-refractivity contribution is 0.0951. The van der Waals surface area contributed by atoms with Crippen LogP contribution in [0.15, 0.2) is 48.0 Å². The number of carbonyl (C=O) groups is 1. The Labute approximate surface area is 164 Å². The van der Waals surface area contributed by atoms with Gasteiger partial charge in [0.2, 0.25) is 0 Å². The maximum absolute atomic E-state index is 12.4. The highest BCUT2D eigenvalue weighted by Gasteiger charge is 2.29. The van der Waals surface area contributed by atoms with Crippen molar-refractivity contribution in [1.82, 2.24) is 10.7 Å². The zero-order valence-electron chi connectivity index (χ0n) is 16.0. The van der Waals surface area contributed by atoms with Crippen molar-refractivity contribution in [2.75, 3.05) is 11.6 Å². The molecule has 0 unspecified atom stereocenters. The quantitative estimate of drug-likeness (QED) is 0.615. The number of nitrogens with zero attached hydrogens (tertiary/aromatic N) is 1. The number of rotatable bonds is 4. The first kappa shape index (κ1) is 18.3. The molecule has 1 amide bonds. The Bertz CT molecular complexity index is 992. The van der Waals surface area contributed by atoms with Gasteiger partial charge in [0.05, 0.1) is 11.3 Å². The lowest BCUT2D eigenvalue weighted by Crippen LogP contribution is -2.35. The van der Waals surface area contributed by atoms with Crippen LogP contribution in [0.25, 0.3) is 5.76 Å². The molecule has 28 heavy (non-hydrogen) atoms. The molecule has 1 saturated heterocycles. The van der Waals surface area contributed by atoms with Gasteiger partial charge in [0.15, 0.2) is 0 Å². The standard InChI is InChI=1S/C22H24N4O2/c1-13-4-3-5-15(10-13)20(27)18-12-24-26(21(18)23)19-11-16(7-6-14(19)2)22(28)25-17-8-9-17/h3-7,10-11,17,23-24,27H,8-9,12H2,1-2H3,(H,25,28). The highest BCUT2D eigenvalue weighted by molar-refractivity contribution is 6.13. The van der Waals surface area contributed by atoms with Gasteiger partial charge in [-0.05, 0) is 50.5 Å². The lowest BCUT2D eigenvalue weighted by atomic mass is 10.1. The molecular formula is C22H24N4O2. The van der Waals surface area contributed by atoms with E-state index in [0.29, 0.717) is 29.3 Å². The average Bonchev–Trinajstić information content (AvgIpc) is 3.41. The number of hydrogen-bond donors (Lipinski definition) is 4. The molecule has 1 aliphatic carbocycles. The molecule has 2 fully saturated rings. The Morgan fingerprint density at radius 2 is 1.96 bits per heavy atom. The summed E-state index contributed by atoms with van der Waals surface area (Å²) in [5, 5.41) is 23.9. The summed E-state index contributed by atoms with van der Waals surface area (Å²) in [7, 11) is 0. The maximum atomic E-state index is 12.4. The largest absolute Gasteiger partial charge is 0.507 e. The van der Waals surface area contributed by atoms with Crippen LogP contribution in [0.2, 0.25) is 0 Å². The van der Waals surface area contributed by atoms with E-state index in [2.05, 4.69) is 10.7 Å². The number of aliphatic hydroxyl groups is 1. The molecule has 144 valence electrons. The second kappa shape index (κ2) is 7.13. The van der Waals surface area contributed by atoms with Crippen molar-refractivity contribution in [3.8, 4) is 0 Å². The van der Waals surface area contributed by atoms with Gasteiger partial charge in [-0.1, -0.05) is 29.8 Å². The van der Waals surface area contributed by atoms with Crippen LogP contribution in [0, 0.1) is 19.3 Å². The third kappa shape index (κ3) is 3.51. The van der Waals surface area contributed by atoms with Crippen molar-refractivity contribution in [3.63, 3.8) is 0 Å². The van der Waals surface area contributed by atoms with Crippen molar-refractivity contribution in [2.45, 2.75) is 32.7 Å². The Hall–Kier alpha value is -3.12. The van der Waals surface area contributed by atoms with Crippen LogP contribution in [0.3, 0.4) is 0 Å². The molecule has 0 spiro atoms. The first-order valence-corrected chi connectivity index (χ1v) is 9.47. The number of anilines is 1.